The van der Waals surface area contributed by atoms with Gasteiger partial charge in [0.15, 0.2) is 0 Å². The van der Waals surface area contributed by atoms with Crippen molar-refractivity contribution in [3.05, 3.63) is 24.3 Å². The first-order valence-corrected chi connectivity index (χ1v) is 10.5. The zero-order chi connectivity index (χ0) is 20.8. The van der Waals surface area contributed by atoms with Gasteiger partial charge in [0, 0.05) is 25.9 Å². The predicted octanol–water partition coefficient (Wildman–Crippen LogP) is 2.57. The van der Waals surface area contributed by atoms with Crippen LogP contribution >= 0.6 is 0 Å². The van der Waals surface area contributed by atoms with Gasteiger partial charge in [-0.3, -0.25) is 14.4 Å². The van der Waals surface area contributed by atoms with E-state index in [1.165, 1.54) is 6.92 Å². The van der Waals surface area contributed by atoms with E-state index in [0.717, 1.165) is 25.7 Å². The van der Waals surface area contributed by atoms with E-state index in [1.807, 2.05) is 29.2 Å². The summed E-state index contributed by atoms with van der Waals surface area (Å²) in [4.78, 5) is 39.2. The highest BCUT2D eigenvalue weighted by Crippen LogP contribution is 2.30. The number of nitrogens with one attached hydrogen (secondary N) is 2. The standard InChI is InChI=1S/C22H31N3O4/c1-15(26)23-20(16-7-3-4-8-16)22(28)25-13-11-17(12-14-25)21(27)24-18-9-5-6-10-19(18)29-2/h5-6,9-10,16-17,20H,3-4,7-8,11-14H2,1-2H3,(H,23,26)(H,24,27). The van der Waals surface area contributed by atoms with Crippen molar-refractivity contribution in [2.45, 2.75) is 51.5 Å². The Balaban J connectivity index is 1.56. The number of piperidine rings is 1. The van der Waals surface area contributed by atoms with Crippen molar-refractivity contribution in [2.24, 2.45) is 11.8 Å². The van der Waals surface area contributed by atoms with Crippen LogP contribution in [0.3, 0.4) is 0 Å². The van der Waals surface area contributed by atoms with Crippen LogP contribution in [0, 0.1) is 11.8 Å². The maximum absolute atomic E-state index is 13.1. The lowest BCUT2D eigenvalue weighted by Gasteiger charge is -2.35. The molecule has 1 saturated heterocycles. The van der Waals surface area contributed by atoms with Crippen LogP contribution < -0.4 is 15.4 Å². The van der Waals surface area contributed by atoms with Gasteiger partial charge < -0.3 is 20.3 Å². The Hall–Kier alpha value is -2.57. The van der Waals surface area contributed by atoms with Crippen LogP contribution in [0.4, 0.5) is 5.69 Å². The molecule has 1 atom stereocenters. The molecule has 29 heavy (non-hydrogen) atoms. The Kier molecular flexibility index (Phi) is 7.12. The molecule has 2 aliphatic rings. The largest absolute Gasteiger partial charge is 0.495 e. The molecule has 1 aromatic rings. The number of amides is 3. The number of rotatable bonds is 6. The Bertz CT molecular complexity index is 737. The molecule has 0 spiro atoms. The third kappa shape index (κ3) is 5.28. The molecule has 0 aromatic heterocycles. The van der Waals surface area contributed by atoms with Crippen molar-refractivity contribution in [1.82, 2.24) is 10.2 Å². The van der Waals surface area contributed by atoms with Crippen LogP contribution in [0.2, 0.25) is 0 Å². The number of nitrogens with zero attached hydrogens (tertiary/aromatic N) is 1. The fraction of sp³-hybridized carbons (Fsp3) is 0.591. The molecule has 1 saturated carbocycles. The SMILES string of the molecule is COc1ccccc1NC(=O)C1CCN(C(=O)C(NC(C)=O)C2CCCC2)CC1. The van der Waals surface area contributed by atoms with Gasteiger partial charge in [-0.1, -0.05) is 25.0 Å². The molecular weight excluding hydrogens is 370 g/mol. The van der Waals surface area contributed by atoms with Crippen molar-refractivity contribution in [3.8, 4) is 5.75 Å². The van der Waals surface area contributed by atoms with Gasteiger partial charge in [0.1, 0.15) is 11.8 Å². The minimum atomic E-state index is -0.436. The minimum absolute atomic E-state index is 0.00399. The summed E-state index contributed by atoms with van der Waals surface area (Å²) in [5.74, 6) is 0.489. The number of methoxy groups -OCH3 is 1. The number of ether oxygens (including phenoxy) is 1. The summed E-state index contributed by atoms with van der Waals surface area (Å²) in [6, 6.07) is 6.89. The summed E-state index contributed by atoms with van der Waals surface area (Å²) in [5.41, 5.74) is 0.658. The first kappa shape index (κ1) is 21.1. The van der Waals surface area contributed by atoms with Crippen molar-refractivity contribution in [1.29, 1.82) is 0 Å². The summed E-state index contributed by atoms with van der Waals surface area (Å²) in [6.45, 7) is 2.53. The van der Waals surface area contributed by atoms with E-state index in [0.29, 0.717) is 37.4 Å². The maximum atomic E-state index is 13.1. The molecule has 7 nitrogen and oxygen atoms in total. The normalized spacial score (nSPS) is 18.9. The summed E-state index contributed by atoms with van der Waals surface area (Å²) < 4.78 is 5.29. The van der Waals surface area contributed by atoms with Gasteiger partial charge >= 0.3 is 0 Å². The molecule has 1 heterocycles. The van der Waals surface area contributed by atoms with Gasteiger partial charge in [-0.2, -0.15) is 0 Å². The second-order valence-electron chi connectivity index (χ2n) is 8.01. The lowest BCUT2D eigenvalue weighted by atomic mass is 9.92. The number of carbonyl (C=O) groups is 3. The Morgan fingerprint density at radius 1 is 1.07 bits per heavy atom. The molecule has 158 valence electrons. The lowest BCUT2D eigenvalue weighted by Crippen LogP contribution is -2.53. The molecule has 1 aromatic carbocycles. The summed E-state index contributed by atoms with van der Waals surface area (Å²) >= 11 is 0. The van der Waals surface area contributed by atoms with E-state index >= 15 is 0 Å². The smallest absolute Gasteiger partial charge is 0.245 e. The lowest BCUT2D eigenvalue weighted by molar-refractivity contribution is -0.139. The third-order valence-corrected chi connectivity index (χ3v) is 6.04. The molecule has 2 N–H and O–H groups in total. The summed E-state index contributed by atoms with van der Waals surface area (Å²) in [7, 11) is 1.57. The van der Waals surface area contributed by atoms with Gasteiger partial charge in [-0.05, 0) is 43.7 Å². The van der Waals surface area contributed by atoms with Crippen LogP contribution in [-0.4, -0.2) is 48.9 Å². The van der Waals surface area contributed by atoms with Crippen LogP contribution in [-0.2, 0) is 14.4 Å². The van der Waals surface area contributed by atoms with Crippen molar-refractivity contribution in [3.63, 3.8) is 0 Å². The molecule has 0 radical (unpaired) electrons. The Morgan fingerprint density at radius 3 is 2.34 bits per heavy atom. The first-order chi connectivity index (χ1) is 14.0. The van der Waals surface area contributed by atoms with Crippen molar-refractivity contribution in [2.75, 3.05) is 25.5 Å². The highest BCUT2D eigenvalue weighted by molar-refractivity contribution is 5.94. The second kappa shape index (κ2) is 9.76. The number of para-hydroxylation sites is 2. The molecule has 3 amide bonds. The molecule has 3 rings (SSSR count). The van der Waals surface area contributed by atoms with Crippen molar-refractivity contribution >= 4 is 23.4 Å². The topological polar surface area (TPSA) is 87.7 Å². The maximum Gasteiger partial charge on any atom is 0.245 e. The zero-order valence-corrected chi connectivity index (χ0v) is 17.3. The minimum Gasteiger partial charge on any atom is -0.495 e. The van der Waals surface area contributed by atoms with Crippen LogP contribution in [0.1, 0.15) is 45.4 Å². The van der Waals surface area contributed by atoms with Gasteiger partial charge in [-0.25, -0.2) is 0 Å². The number of hydrogen-bond donors (Lipinski definition) is 2. The van der Waals surface area contributed by atoms with E-state index in [9.17, 15) is 14.4 Å². The quantitative estimate of drug-likeness (QED) is 0.767. The van der Waals surface area contributed by atoms with Gasteiger partial charge in [0.2, 0.25) is 17.7 Å². The highest BCUT2D eigenvalue weighted by Gasteiger charge is 2.36. The molecule has 0 bridgehead atoms. The monoisotopic (exact) mass is 401 g/mol. The third-order valence-electron chi connectivity index (χ3n) is 6.04. The molecule has 7 heteroatoms. The molecule has 1 unspecified atom stereocenters. The number of carbonyl (C=O) groups excluding carboxylic acids is 3. The Morgan fingerprint density at radius 2 is 1.72 bits per heavy atom. The van der Waals surface area contributed by atoms with Crippen LogP contribution in [0.5, 0.6) is 5.75 Å². The average molecular weight is 402 g/mol. The van der Waals surface area contributed by atoms with Gasteiger partial charge in [0.05, 0.1) is 12.8 Å². The molecular formula is C22H31N3O4. The highest BCUT2D eigenvalue weighted by atomic mass is 16.5. The summed E-state index contributed by atoms with van der Waals surface area (Å²) in [6.07, 6.45) is 5.41. The predicted molar refractivity (Wildman–Crippen MR) is 110 cm³/mol. The van der Waals surface area contributed by atoms with E-state index in [2.05, 4.69) is 10.6 Å². The number of likely N-dealkylation sites (tertiary alicyclic amines) is 1. The van der Waals surface area contributed by atoms with E-state index in [4.69, 9.17) is 4.74 Å². The van der Waals surface area contributed by atoms with E-state index in [1.54, 1.807) is 7.11 Å². The molecule has 2 fully saturated rings. The number of anilines is 1. The fourth-order valence-corrected chi connectivity index (χ4v) is 4.43. The fourth-order valence-electron chi connectivity index (χ4n) is 4.43. The van der Waals surface area contributed by atoms with E-state index in [-0.39, 0.29) is 29.6 Å². The van der Waals surface area contributed by atoms with Gasteiger partial charge in [0.25, 0.3) is 0 Å². The average Bonchev–Trinajstić information content (AvgIpc) is 3.26. The number of hydrogen-bond acceptors (Lipinski definition) is 4. The van der Waals surface area contributed by atoms with Crippen molar-refractivity contribution < 1.29 is 19.1 Å². The van der Waals surface area contributed by atoms with Crippen LogP contribution in [0.15, 0.2) is 24.3 Å². The van der Waals surface area contributed by atoms with E-state index < -0.39 is 6.04 Å². The molecule has 1 aliphatic carbocycles. The second-order valence-corrected chi connectivity index (χ2v) is 8.01. The van der Waals surface area contributed by atoms with Gasteiger partial charge in [-0.15, -0.1) is 0 Å². The van der Waals surface area contributed by atoms with Crippen LogP contribution in [0.25, 0.3) is 0 Å². The first-order valence-electron chi connectivity index (χ1n) is 10.5. The summed E-state index contributed by atoms with van der Waals surface area (Å²) in [5, 5.41) is 5.82. The Labute approximate surface area is 172 Å². The molecule has 1 aliphatic heterocycles. The zero-order valence-electron chi connectivity index (χ0n) is 17.3. The number of benzene rings is 1.